The molecular weight excluding hydrogens is 62.1 g/mol. The lowest BCUT2D eigenvalue weighted by Crippen LogP contribution is -1.84. The normalized spacial score (nSPS) is 7.40. The maximum Gasteiger partial charge on any atom is 0.0625 e. The van der Waals surface area contributed by atoms with Gasteiger partial charge in [-0.1, -0.05) is 6.08 Å². The summed E-state index contributed by atoms with van der Waals surface area (Å²) in [6.45, 7) is 5.04. The molecule has 0 bridgehead atoms. The van der Waals surface area contributed by atoms with Crippen molar-refractivity contribution in [3.05, 3.63) is 19.2 Å². The van der Waals surface area contributed by atoms with Gasteiger partial charge in [-0.3, -0.25) is 0 Å². The van der Waals surface area contributed by atoms with Crippen molar-refractivity contribution in [1.29, 1.82) is 0 Å². The van der Waals surface area contributed by atoms with Gasteiger partial charge in [0.1, 0.15) is 0 Å². The minimum absolute atomic E-state index is 1.64. The molecule has 2 radical (unpaired) electrons. The van der Waals surface area contributed by atoms with Crippen LogP contribution in [0.4, 0.5) is 0 Å². The monoisotopic (exact) mass is 69.1 g/mol. The van der Waals surface area contributed by atoms with E-state index in [1.807, 2.05) is 0 Å². The van der Waals surface area contributed by atoms with Crippen molar-refractivity contribution in [3.63, 3.8) is 0 Å². The Morgan fingerprint density at radius 2 is 2.40 bits per heavy atom. The van der Waals surface area contributed by atoms with Gasteiger partial charge < -0.3 is 0 Å². The van der Waals surface area contributed by atoms with Gasteiger partial charge in [0.15, 0.2) is 0 Å². The van der Waals surface area contributed by atoms with Crippen molar-refractivity contribution >= 4 is 0 Å². The third kappa shape index (κ3) is 3.70. The van der Waals surface area contributed by atoms with Gasteiger partial charge >= 0.3 is 0 Å². The zero-order valence-corrected chi connectivity index (χ0v) is 3.31. The van der Waals surface area contributed by atoms with Crippen LogP contribution in [0.3, 0.4) is 0 Å². The van der Waals surface area contributed by atoms with Crippen LogP contribution in [0, 0.1) is 6.54 Å². The van der Waals surface area contributed by atoms with E-state index < -0.39 is 0 Å². The summed E-state index contributed by atoms with van der Waals surface area (Å²) in [6, 6.07) is 0. The van der Waals surface area contributed by atoms with Crippen LogP contribution in [0.2, 0.25) is 0 Å². The van der Waals surface area contributed by atoms with E-state index in [1.54, 1.807) is 19.7 Å². The molecule has 1 nitrogen and oxygen atoms in total. The number of nitrogens with zero attached hydrogens (tertiary/aromatic N) is 1. The van der Waals surface area contributed by atoms with Gasteiger partial charge in [-0.05, 0) is 0 Å². The molecule has 0 aromatic carbocycles. The first-order valence-electron chi connectivity index (χ1n) is 1.45. The van der Waals surface area contributed by atoms with Gasteiger partial charge in [-0.2, -0.15) is 0 Å². The second kappa shape index (κ2) is 3.70. The Bertz CT molecular complexity index is 24.8. The van der Waals surface area contributed by atoms with Crippen molar-refractivity contribution in [1.82, 2.24) is 5.32 Å². The molecule has 0 aromatic rings. The van der Waals surface area contributed by atoms with Crippen molar-refractivity contribution in [2.75, 3.05) is 7.05 Å². The van der Waals surface area contributed by atoms with Crippen molar-refractivity contribution in [3.8, 4) is 0 Å². The second-order valence-electron chi connectivity index (χ2n) is 0.643. The van der Waals surface area contributed by atoms with E-state index in [0.717, 1.165) is 0 Å². The molecule has 0 aromatic heterocycles. The van der Waals surface area contributed by atoms with Crippen molar-refractivity contribution in [2.45, 2.75) is 0 Å². The number of likely N-dealkylation sites (N-methyl/N-ethyl adjacent to an activating group) is 1. The molecule has 0 saturated carbocycles. The average Bonchev–Trinajstić information content (AvgIpc) is 1.41. The minimum Gasteiger partial charge on any atom is -0.236 e. The van der Waals surface area contributed by atoms with Gasteiger partial charge in [-0.15, -0.1) is 6.58 Å². The molecule has 28 valence electrons. The summed E-state index contributed by atoms with van der Waals surface area (Å²) in [6.07, 6.45) is 1.64. The largest absolute Gasteiger partial charge is 0.236 e. The fourth-order valence-corrected chi connectivity index (χ4v) is 0.105. The molecule has 0 aliphatic carbocycles. The van der Waals surface area contributed by atoms with E-state index in [0.29, 0.717) is 0 Å². The van der Waals surface area contributed by atoms with E-state index in [-0.39, 0.29) is 0 Å². The van der Waals surface area contributed by atoms with Crippen molar-refractivity contribution < 1.29 is 0 Å². The van der Waals surface area contributed by atoms with E-state index >= 15 is 0 Å². The second-order valence-corrected chi connectivity index (χ2v) is 0.643. The molecule has 0 aliphatic heterocycles. The van der Waals surface area contributed by atoms with Gasteiger partial charge in [0, 0.05) is 7.05 Å². The van der Waals surface area contributed by atoms with Crippen LogP contribution in [0.25, 0.3) is 0 Å². The maximum atomic E-state index is 3.61. The molecule has 0 spiro atoms. The van der Waals surface area contributed by atoms with Gasteiger partial charge in [0.05, 0.1) is 6.54 Å². The summed E-state index contributed by atoms with van der Waals surface area (Å²) in [5, 5.41) is 3.61. The lowest BCUT2D eigenvalue weighted by atomic mass is 10.6. The molecule has 0 unspecified atom stereocenters. The highest BCUT2D eigenvalue weighted by molar-refractivity contribution is 4.81. The molecule has 0 aliphatic rings. The zero-order chi connectivity index (χ0) is 4.12. The van der Waals surface area contributed by atoms with E-state index in [4.69, 9.17) is 0 Å². The lowest BCUT2D eigenvalue weighted by molar-refractivity contribution is 1.01. The molecule has 0 amide bonds. The summed E-state index contributed by atoms with van der Waals surface area (Å²) in [7, 11) is 1.71. The maximum absolute atomic E-state index is 3.61. The molecule has 1 heteroatoms. The number of hydrogen-bond donors (Lipinski definition) is 0. The van der Waals surface area contributed by atoms with Crippen LogP contribution in [-0.2, 0) is 0 Å². The molecule has 0 fully saturated rings. The van der Waals surface area contributed by atoms with E-state index in [9.17, 15) is 0 Å². The Kier molecular flexibility index (Phi) is 3.48. The van der Waals surface area contributed by atoms with Crippen LogP contribution in [0.5, 0.6) is 0 Å². The quantitative estimate of drug-likeness (QED) is 0.450. The van der Waals surface area contributed by atoms with Crippen LogP contribution in [-0.4, -0.2) is 7.05 Å². The number of rotatable bonds is 2. The fraction of sp³-hybridized carbons (Fsp3) is 0.250. The Morgan fingerprint density at radius 3 is 2.40 bits per heavy atom. The number of hydrogen-bond acceptors (Lipinski definition) is 0. The average molecular weight is 69.1 g/mol. The smallest absolute Gasteiger partial charge is 0.0625 e. The Balaban J connectivity index is 2.40. The van der Waals surface area contributed by atoms with Gasteiger partial charge in [-0.25, -0.2) is 5.32 Å². The molecule has 0 rings (SSSR count). The zero-order valence-electron chi connectivity index (χ0n) is 3.31. The molecule has 0 heterocycles. The highest BCUT2D eigenvalue weighted by atomic mass is 14.8. The summed E-state index contributed by atoms with van der Waals surface area (Å²) in [5.41, 5.74) is 0. The first-order valence-corrected chi connectivity index (χ1v) is 1.45. The van der Waals surface area contributed by atoms with Crippen LogP contribution >= 0.6 is 0 Å². The van der Waals surface area contributed by atoms with E-state index in [1.165, 1.54) is 0 Å². The van der Waals surface area contributed by atoms with E-state index in [2.05, 4.69) is 11.9 Å². The summed E-state index contributed by atoms with van der Waals surface area (Å²) in [4.78, 5) is 0. The topological polar surface area (TPSA) is 14.1 Å². The third-order valence-electron chi connectivity index (χ3n) is 0.254. The molecule has 0 N–H and O–H groups in total. The first-order chi connectivity index (χ1) is 2.41. The lowest BCUT2D eigenvalue weighted by Gasteiger charge is -1.74. The molecular formula is C4H7N. The van der Waals surface area contributed by atoms with Gasteiger partial charge in [0.25, 0.3) is 0 Å². The highest BCUT2D eigenvalue weighted by Gasteiger charge is 1.61. The summed E-state index contributed by atoms with van der Waals surface area (Å²) < 4.78 is 0. The predicted molar refractivity (Wildman–Crippen MR) is 22.6 cm³/mol. The highest BCUT2D eigenvalue weighted by Crippen LogP contribution is 1.62. The SMILES string of the molecule is C=C[CH][N]C. The Morgan fingerprint density at radius 1 is 1.80 bits per heavy atom. The fourth-order valence-electron chi connectivity index (χ4n) is 0.105. The molecule has 0 atom stereocenters. The van der Waals surface area contributed by atoms with Crippen LogP contribution in [0.15, 0.2) is 12.7 Å². The van der Waals surface area contributed by atoms with Crippen LogP contribution in [0.1, 0.15) is 0 Å². The molecule has 5 heavy (non-hydrogen) atoms. The van der Waals surface area contributed by atoms with Crippen molar-refractivity contribution in [2.24, 2.45) is 0 Å². The minimum atomic E-state index is 1.64. The summed E-state index contributed by atoms with van der Waals surface area (Å²) in [5.74, 6) is 0. The summed E-state index contributed by atoms with van der Waals surface area (Å²) >= 11 is 0. The van der Waals surface area contributed by atoms with Gasteiger partial charge in [0.2, 0.25) is 0 Å². The van der Waals surface area contributed by atoms with Crippen LogP contribution < -0.4 is 5.32 Å². The Hall–Kier alpha value is -0.300. The standard InChI is InChI=1S/C4H7N/c1-3-4-5-2/h3-4H,1H2,2H3. The first kappa shape index (κ1) is 4.70. The predicted octanol–water partition coefficient (Wildman–Crippen LogP) is 0.568. The third-order valence-corrected chi connectivity index (χ3v) is 0.254. The Labute approximate surface area is 32.7 Å². The molecule has 0 saturated heterocycles.